The molecule has 2 heterocycles. The molecule has 0 spiro atoms. The van der Waals surface area contributed by atoms with Crippen LogP contribution >= 0.6 is 11.3 Å². The predicted molar refractivity (Wildman–Crippen MR) is 110 cm³/mol. The lowest BCUT2D eigenvalue weighted by Crippen LogP contribution is -2.24. The van der Waals surface area contributed by atoms with Crippen molar-refractivity contribution >= 4 is 39.7 Å². The first-order chi connectivity index (χ1) is 13.5. The van der Waals surface area contributed by atoms with Crippen LogP contribution in [0.15, 0.2) is 24.3 Å². The fourth-order valence-electron chi connectivity index (χ4n) is 4.00. The van der Waals surface area contributed by atoms with E-state index in [1.54, 1.807) is 23.1 Å². The minimum Gasteiger partial charge on any atom is -0.365 e. The van der Waals surface area contributed by atoms with E-state index in [1.807, 2.05) is 6.07 Å². The van der Waals surface area contributed by atoms with Crippen molar-refractivity contribution in [2.24, 2.45) is 5.73 Å². The molecule has 28 heavy (non-hydrogen) atoms. The van der Waals surface area contributed by atoms with Crippen LogP contribution in [0.25, 0.3) is 0 Å². The summed E-state index contributed by atoms with van der Waals surface area (Å²) in [6.07, 6.45) is 6.38. The minimum absolute atomic E-state index is 0.0792. The van der Waals surface area contributed by atoms with Gasteiger partial charge in [0.2, 0.25) is 5.91 Å². The van der Waals surface area contributed by atoms with E-state index in [4.69, 9.17) is 5.73 Å². The molecule has 0 atom stereocenters. The molecule has 0 unspecified atom stereocenters. The number of nitrogens with one attached hydrogen (secondary N) is 1. The summed E-state index contributed by atoms with van der Waals surface area (Å²) in [4.78, 5) is 39.8. The van der Waals surface area contributed by atoms with Crippen molar-refractivity contribution in [1.29, 1.82) is 0 Å². The second-order valence-corrected chi connectivity index (χ2v) is 8.39. The standard InChI is InChI=1S/C21H23N3O3S/c22-19(26)18-15-8-2-1-3-9-16(15)28-21(18)23-20(27)13-6-4-7-14(12-13)24-11-5-10-17(24)25/h4,6-7,12H,1-3,5,8-11H2,(H2,22,26)(H,23,27). The number of hydrogen-bond donors (Lipinski definition) is 2. The molecular formula is C21H23N3O3S. The number of anilines is 2. The SMILES string of the molecule is NC(=O)c1c(NC(=O)c2cccc(N3CCCC3=O)c2)sc2c1CCCCC2. The summed E-state index contributed by atoms with van der Waals surface area (Å²) >= 11 is 1.46. The highest BCUT2D eigenvalue weighted by molar-refractivity contribution is 7.17. The summed E-state index contributed by atoms with van der Waals surface area (Å²) in [5.74, 6) is -0.714. The molecule has 1 aliphatic carbocycles. The summed E-state index contributed by atoms with van der Waals surface area (Å²) in [7, 11) is 0. The van der Waals surface area contributed by atoms with Gasteiger partial charge < -0.3 is 16.0 Å². The Labute approximate surface area is 167 Å². The van der Waals surface area contributed by atoms with Crippen LogP contribution in [0.1, 0.15) is 63.3 Å². The molecular weight excluding hydrogens is 374 g/mol. The highest BCUT2D eigenvalue weighted by Crippen LogP contribution is 2.37. The second-order valence-electron chi connectivity index (χ2n) is 7.29. The maximum Gasteiger partial charge on any atom is 0.256 e. The van der Waals surface area contributed by atoms with Crippen LogP contribution in [0.3, 0.4) is 0 Å². The van der Waals surface area contributed by atoms with Crippen molar-refractivity contribution in [3.63, 3.8) is 0 Å². The fraction of sp³-hybridized carbons (Fsp3) is 0.381. The summed E-state index contributed by atoms with van der Waals surface area (Å²) in [6.45, 7) is 0.674. The van der Waals surface area contributed by atoms with Crippen molar-refractivity contribution in [2.75, 3.05) is 16.8 Å². The third-order valence-electron chi connectivity index (χ3n) is 5.39. The number of primary amides is 1. The molecule has 6 nitrogen and oxygen atoms in total. The Bertz CT molecular complexity index is 950. The third kappa shape index (κ3) is 3.54. The lowest BCUT2D eigenvalue weighted by Gasteiger charge is -2.16. The van der Waals surface area contributed by atoms with E-state index in [-0.39, 0.29) is 11.8 Å². The average Bonchev–Trinajstić information content (AvgIpc) is 3.18. The van der Waals surface area contributed by atoms with Crippen LogP contribution in [0.5, 0.6) is 0 Å². The maximum absolute atomic E-state index is 12.9. The number of carbonyl (C=O) groups is 3. The van der Waals surface area contributed by atoms with Crippen LogP contribution in [-0.4, -0.2) is 24.3 Å². The van der Waals surface area contributed by atoms with Gasteiger partial charge in [-0.1, -0.05) is 12.5 Å². The monoisotopic (exact) mass is 397 g/mol. The number of fused-ring (bicyclic) bond motifs is 1. The number of nitrogens with two attached hydrogens (primary N) is 1. The summed E-state index contributed by atoms with van der Waals surface area (Å²) in [5.41, 5.74) is 8.29. The number of nitrogens with zero attached hydrogens (tertiary/aromatic N) is 1. The number of hydrogen-bond acceptors (Lipinski definition) is 4. The van der Waals surface area contributed by atoms with Gasteiger partial charge in [-0.05, 0) is 55.9 Å². The summed E-state index contributed by atoms with van der Waals surface area (Å²) in [6, 6.07) is 7.04. The molecule has 4 rings (SSSR count). The van der Waals surface area contributed by atoms with E-state index in [9.17, 15) is 14.4 Å². The molecule has 3 N–H and O–H groups in total. The number of amides is 3. The van der Waals surface area contributed by atoms with Gasteiger partial charge in [0.1, 0.15) is 5.00 Å². The van der Waals surface area contributed by atoms with Crippen LogP contribution < -0.4 is 16.0 Å². The van der Waals surface area contributed by atoms with Gasteiger partial charge in [-0.2, -0.15) is 0 Å². The van der Waals surface area contributed by atoms with Crippen LogP contribution in [0.2, 0.25) is 0 Å². The first kappa shape index (κ1) is 18.7. The molecule has 0 radical (unpaired) electrons. The van der Waals surface area contributed by atoms with Gasteiger partial charge in [0.25, 0.3) is 11.8 Å². The van der Waals surface area contributed by atoms with Crippen molar-refractivity contribution in [1.82, 2.24) is 0 Å². The molecule has 7 heteroatoms. The molecule has 1 fully saturated rings. The fourth-order valence-corrected chi connectivity index (χ4v) is 5.29. The van der Waals surface area contributed by atoms with E-state index in [0.717, 1.165) is 54.7 Å². The van der Waals surface area contributed by atoms with Crippen LogP contribution in [0.4, 0.5) is 10.7 Å². The number of benzene rings is 1. The molecule has 2 aromatic rings. The average molecular weight is 398 g/mol. The van der Waals surface area contributed by atoms with E-state index in [1.165, 1.54) is 11.3 Å². The van der Waals surface area contributed by atoms with Gasteiger partial charge in [0, 0.05) is 29.1 Å². The van der Waals surface area contributed by atoms with Gasteiger partial charge in [0.15, 0.2) is 0 Å². The first-order valence-electron chi connectivity index (χ1n) is 9.70. The van der Waals surface area contributed by atoms with E-state index >= 15 is 0 Å². The van der Waals surface area contributed by atoms with Crippen molar-refractivity contribution < 1.29 is 14.4 Å². The summed E-state index contributed by atoms with van der Waals surface area (Å²) < 4.78 is 0. The Morgan fingerprint density at radius 3 is 2.64 bits per heavy atom. The molecule has 0 saturated carbocycles. The number of thiophene rings is 1. The second kappa shape index (κ2) is 7.75. The van der Waals surface area contributed by atoms with Gasteiger partial charge in [-0.3, -0.25) is 14.4 Å². The Morgan fingerprint density at radius 1 is 1.07 bits per heavy atom. The Kier molecular flexibility index (Phi) is 5.17. The zero-order valence-corrected chi connectivity index (χ0v) is 16.4. The van der Waals surface area contributed by atoms with Crippen LogP contribution in [-0.2, 0) is 17.6 Å². The zero-order valence-electron chi connectivity index (χ0n) is 15.6. The Hall–Kier alpha value is -2.67. The largest absolute Gasteiger partial charge is 0.365 e. The lowest BCUT2D eigenvalue weighted by molar-refractivity contribution is -0.117. The number of aryl methyl sites for hydroxylation is 1. The van der Waals surface area contributed by atoms with Crippen molar-refractivity contribution in [3.05, 3.63) is 45.8 Å². The molecule has 146 valence electrons. The molecule has 0 bridgehead atoms. The molecule has 1 aromatic heterocycles. The molecule has 1 saturated heterocycles. The first-order valence-corrected chi connectivity index (χ1v) is 10.5. The van der Waals surface area contributed by atoms with Crippen LogP contribution in [0, 0.1) is 0 Å². The molecule has 2 aliphatic rings. The Balaban J connectivity index is 1.61. The van der Waals surface area contributed by atoms with E-state index in [0.29, 0.717) is 29.1 Å². The molecule has 1 aromatic carbocycles. The van der Waals surface area contributed by atoms with Gasteiger partial charge in [-0.15, -0.1) is 11.3 Å². The Morgan fingerprint density at radius 2 is 1.89 bits per heavy atom. The lowest BCUT2D eigenvalue weighted by atomic mass is 10.1. The van der Waals surface area contributed by atoms with Gasteiger partial charge >= 0.3 is 0 Å². The topological polar surface area (TPSA) is 92.5 Å². The zero-order chi connectivity index (χ0) is 19.7. The highest BCUT2D eigenvalue weighted by Gasteiger charge is 2.25. The smallest absolute Gasteiger partial charge is 0.256 e. The molecule has 1 aliphatic heterocycles. The van der Waals surface area contributed by atoms with E-state index < -0.39 is 5.91 Å². The quantitative estimate of drug-likeness (QED) is 0.774. The maximum atomic E-state index is 12.9. The van der Waals surface area contributed by atoms with Gasteiger partial charge in [-0.25, -0.2) is 0 Å². The van der Waals surface area contributed by atoms with Gasteiger partial charge in [0.05, 0.1) is 5.56 Å². The van der Waals surface area contributed by atoms with E-state index in [2.05, 4.69) is 5.32 Å². The number of carbonyl (C=O) groups excluding carboxylic acids is 3. The van der Waals surface area contributed by atoms with Crippen molar-refractivity contribution in [3.8, 4) is 0 Å². The van der Waals surface area contributed by atoms with Crippen molar-refractivity contribution in [2.45, 2.75) is 44.9 Å². The predicted octanol–water partition coefficient (Wildman–Crippen LogP) is 3.50. The molecule has 3 amide bonds. The minimum atomic E-state index is -0.494. The summed E-state index contributed by atoms with van der Waals surface area (Å²) in [5, 5.41) is 3.42. The number of rotatable bonds is 4. The highest BCUT2D eigenvalue weighted by atomic mass is 32.1. The normalized spacial score (nSPS) is 16.6. The third-order valence-corrected chi connectivity index (χ3v) is 6.60.